The van der Waals surface area contributed by atoms with E-state index in [9.17, 15) is 4.39 Å². The van der Waals surface area contributed by atoms with Crippen LogP contribution in [0.5, 0.6) is 5.75 Å². The fourth-order valence-corrected chi connectivity index (χ4v) is 1.79. The summed E-state index contributed by atoms with van der Waals surface area (Å²) in [7, 11) is 1.71. The van der Waals surface area contributed by atoms with Crippen molar-refractivity contribution in [2.45, 2.75) is 26.4 Å². The number of guanidine groups is 1. The SMILES string of the molecule is CCOCCCNC(=NC)NCC(C)Oc1ccccc1F.I. The number of nitrogens with zero attached hydrogens (tertiary/aromatic N) is 1. The third-order valence-electron chi connectivity index (χ3n) is 2.91. The number of benzene rings is 1. The highest BCUT2D eigenvalue weighted by molar-refractivity contribution is 14.0. The van der Waals surface area contributed by atoms with E-state index in [1.807, 2.05) is 13.8 Å². The third-order valence-corrected chi connectivity index (χ3v) is 2.91. The first-order valence-electron chi connectivity index (χ1n) is 7.60. The predicted molar refractivity (Wildman–Crippen MR) is 102 cm³/mol. The van der Waals surface area contributed by atoms with Crippen LogP contribution in [0.4, 0.5) is 4.39 Å². The Morgan fingerprint density at radius 2 is 2.04 bits per heavy atom. The highest BCUT2D eigenvalue weighted by atomic mass is 127. The van der Waals surface area contributed by atoms with Crippen LogP contribution in [0.15, 0.2) is 29.3 Å². The minimum absolute atomic E-state index is 0. The van der Waals surface area contributed by atoms with Crippen LogP contribution in [0.1, 0.15) is 20.3 Å². The van der Waals surface area contributed by atoms with E-state index in [0.29, 0.717) is 12.5 Å². The zero-order chi connectivity index (χ0) is 16.2. The molecule has 23 heavy (non-hydrogen) atoms. The monoisotopic (exact) mass is 439 g/mol. The lowest BCUT2D eigenvalue weighted by Gasteiger charge is -2.18. The molecule has 1 unspecified atom stereocenters. The summed E-state index contributed by atoms with van der Waals surface area (Å²) < 4.78 is 24.3. The van der Waals surface area contributed by atoms with E-state index in [1.54, 1.807) is 25.2 Å². The summed E-state index contributed by atoms with van der Waals surface area (Å²) in [5, 5.41) is 6.34. The van der Waals surface area contributed by atoms with Gasteiger partial charge in [0.05, 0.1) is 6.54 Å². The molecular formula is C16H27FIN3O2. The quantitative estimate of drug-likeness (QED) is 0.269. The molecule has 1 aromatic rings. The van der Waals surface area contributed by atoms with Crippen molar-refractivity contribution in [3.8, 4) is 5.75 Å². The fourth-order valence-electron chi connectivity index (χ4n) is 1.79. The summed E-state index contributed by atoms with van der Waals surface area (Å²) in [6.45, 7) is 6.62. The number of aliphatic imine (C=N–C) groups is 1. The van der Waals surface area contributed by atoms with Crippen LogP contribution in [-0.2, 0) is 4.74 Å². The average Bonchev–Trinajstić information content (AvgIpc) is 2.52. The van der Waals surface area contributed by atoms with Crippen molar-refractivity contribution in [1.29, 1.82) is 0 Å². The molecule has 0 bridgehead atoms. The van der Waals surface area contributed by atoms with Crippen molar-refractivity contribution in [2.75, 3.05) is 33.4 Å². The molecule has 0 saturated carbocycles. The van der Waals surface area contributed by atoms with Crippen molar-refractivity contribution in [2.24, 2.45) is 4.99 Å². The second-order valence-electron chi connectivity index (χ2n) is 4.79. The van der Waals surface area contributed by atoms with Crippen LogP contribution in [-0.4, -0.2) is 45.4 Å². The largest absolute Gasteiger partial charge is 0.486 e. The molecule has 0 aliphatic rings. The Kier molecular flexibility index (Phi) is 12.7. The number of hydrogen-bond donors (Lipinski definition) is 2. The van der Waals surface area contributed by atoms with Crippen LogP contribution in [0.2, 0.25) is 0 Å². The number of hydrogen-bond acceptors (Lipinski definition) is 3. The van der Waals surface area contributed by atoms with Crippen molar-refractivity contribution in [1.82, 2.24) is 10.6 Å². The van der Waals surface area contributed by atoms with E-state index in [-0.39, 0.29) is 41.6 Å². The topological polar surface area (TPSA) is 54.9 Å². The van der Waals surface area contributed by atoms with Gasteiger partial charge in [0, 0.05) is 26.8 Å². The first kappa shape index (κ1) is 21.9. The van der Waals surface area contributed by atoms with Crippen LogP contribution >= 0.6 is 24.0 Å². The molecule has 0 heterocycles. The maximum atomic E-state index is 13.5. The van der Waals surface area contributed by atoms with Gasteiger partial charge in [0.25, 0.3) is 0 Å². The van der Waals surface area contributed by atoms with Gasteiger partial charge in [-0.05, 0) is 32.4 Å². The zero-order valence-electron chi connectivity index (χ0n) is 14.0. The second kappa shape index (κ2) is 13.4. The normalized spacial score (nSPS) is 12.3. The van der Waals surface area contributed by atoms with Gasteiger partial charge >= 0.3 is 0 Å². The molecule has 0 fully saturated rings. The number of para-hydroxylation sites is 1. The Bertz CT molecular complexity index is 461. The molecule has 0 saturated heterocycles. The lowest BCUT2D eigenvalue weighted by molar-refractivity contribution is 0.145. The molecule has 2 N–H and O–H groups in total. The van der Waals surface area contributed by atoms with E-state index < -0.39 is 0 Å². The summed E-state index contributed by atoms with van der Waals surface area (Å²) in [6.07, 6.45) is 0.731. The summed E-state index contributed by atoms with van der Waals surface area (Å²) >= 11 is 0. The third kappa shape index (κ3) is 9.60. The van der Waals surface area contributed by atoms with Crippen molar-refractivity contribution >= 4 is 29.9 Å². The molecule has 0 radical (unpaired) electrons. The smallest absolute Gasteiger partial charge is 0.191 e. The molecule has 0 aromatic heterocycles. The first-order chi connectivity index (χ1) is 10.7. The van der Waals surface area contributed by atoms with Crippen molar-refractivity contribution in [3.05, 3.63) is 30.1 Å². The summed E-state index contributed by atoms with van der Waals surface area (Å²) in [6, 6.07) is 6.39. The van der Waals surface area contributed by atoms with E-state index in [4.69, 9.17) is 9.47 Å². The van der Waals surface area contributed by atoms with Gasteiger partial charge in [-0.1, -0.05) is 12.1 Å². The second-order valence-corrected chi connectivity index (χ2v) is 4.79. The minimum Gasteiger partial charge on any atom is -0.486 e. The summed E-state index contributed by atoms with van der Waals surface area (Å²) in [4.78, 5) is 4.13. The van der Waals surface area contributed by atoms with Crippen LogP contribution in [0, 0.1) is 5.82 Å². The Labute approximate surface area is 155 Å². The number of nitrogens with one attached hydrogen (secondary N) is 2. The first-order valence-corrected chi connectivity index (χ1v) is 7.60. The van der Waals surface area contributed by atoms with Gasteiger partial charge in [0.15, 0.2) is 17.5 Å². The van der Waals surface area contributed by atoms with Gasteiger partial charge < -0.3 is 20.1 Å². The Balaban J connectivity index is 0.00000484. The molecule has 1 rings (SSSR count). The summed E-state index contributed by atoms with van der Waals surface area (Å²) in [5.41, 5.74) is 0. The van der Waals surface area contributed by atoms with Crippen molar-refractivity contribution < 1.29 is 13.9 Å². The molecular weight excluding hydrogens is 412 g/mol. The van der Waals surface area contributed by atoms with Crippen LogP contribution in [0.3, 0.4) is 0 Å². The fraction of sp³-hybridized carbons (Fsp3) is 0.562. The Morgan fingerprint density at radius 3 is 2.70 bits per heavy atom. The molecule has 1 aromatic carbocycles. The van der Waals surface area contributed by atoms with Crippen molar-refractivity contribution in [3.63, 3.8) is 0 Å². The Morgan fingerprint density at radius 1 is 1.30 bits per heavy atom. The average molecular weight is 439 g/mol. The van der Waals surface area contributed by atoms with E-state index in [1.165, 1.54) is 6.07 Å². The molecule has 1 atom stereocenters. The summed E-state index contributed by atoms with van der Waals surface area (Å²) in [5.74, 6) is 0.602. The molecule has 0 spiro atoms. The van der Waals surface area contributed by atoms with E-state index in [0.717, 1.165) is 26.2 Å². The van der Waals surface area contributed by atoms with Gasteiger partial charge in [0.1, 0.15) is 6.10 Å². The highest BCUT2D eigenvalue weighted by Gasteiger charge is 2.08. The number of rotatable bonds is 9. The minimum atomic E-state index is -0.354. The molecule has 5 nitrogen and oxygen atoms in total. The van der Waals surface area contributed by atoms with Gasteiger partial charge in [0.2, 0.25) is 0 Å². The predicted octanol–water partition coefficient (Wildman–Crippen LogP) is 2.80. The van der Waals surface area contributed by atoms with Gasteiger partial charge in [-0.2, -0.15) is 0 Å². The number of halogens is 2. The van der Waals surface area contributed by atoms with Gasteiger partial charge in [-0.25, -0.2) is 4.39 Å². The molecule has 0 aliphatic carbocycles. The maximum absolute atomic E-state index is 13.5. The number of ether oxygens (including phenoxy) is 2. The molecule has 7 heteroatoms. The maximum Gasteiger partial charge on any atom is 0.191 e. The van der Waals surface area contributed by atoms with E-state index in [2.05, 4.69) is 15.6 Å². The molecule has 0 aliphatic heterocycles. The van der Waals surface area contributed by atoms with E-state index >= 15 is 0 Å². The molecule has 132 valence electrons. The molecule has 0 amide bonds. The van der Waals surface area contributed by atoms with Crippen LogP contribution in [0.25, 0.3) is 0 Å². The zero-order valence-corrected chi connectivity index (χ0v) is 16.3. The lowest BCUT2D eigenvalue weighted by atomic mass is 10.3. The van der Waals surface area contributed by atoms with Crippen LogP contribution < -0.4 is 15.4 Å². The lowest BCUT2D eigenvalue weighted by Crippen LogP contribution is -2.42. The highest BCUT2D eigenvalue weighted by Crippen LogP contribution is 2.16. The van der Waals surface area contributed by atoms with Gasteiger partial charge in [-0.15, -0.1) is 24.0 Å². The standard InChI is InChI=1S/C16H26FN3O2.HI/c1-4-21-11-7-10-19-16(18-3)20-12-13(2)22-15-9-6-5-8-14(15)17;/h5-6,8-9,13H,4,7,10-12H2,1-3H3,(H2,18,19,20);1H. The Hall–Kier alpha value is -1.09. The van der Waals surface area contributed by atoms with Gasteiger partial charge in [-0.3, -0.25) is 4.99 Å².